The van der Waals surface area contributed by atoms with E-state index in [0.717, 1.165) is 12.2 Å². The van der Waals surface area contributed by atoms with E-state index in [1.807, 2.05) is 6.26 Å². The topological polar surface area (TPSA) is 29.1 Å². The van der Waals surface area contributed by atoms with E-state index in [1.165, 1.54) is 0 Å². The zero-order chi connectivity index (χ0) is 12.0. The molecule has 0 radical (unpaired) electrons. The number of thioether (sulfide) groups is 1. The Morgan fingerprint density at radius 3 is 2.81 bits per heavy atom. The lowest BCUT2D eigenvalue weighted by Gasteiger charge is -2.07. The van der Waals surface area contributed by atoms with Gasteiger partial charge in [-0.1, -0.05) is 23.2 Å². The van der Waals surface area contributed by atoms with Crippen LogP contribution in [0, 0.1) is 0 Å². The zero-order valence-electron chi connectivity index (χ0n) is 8.93. The summed E-state index contributed by atoms with van der Waals surface area (Å²) in [5.41, 5.74) is 0.611. The molecule has 0 aliphatic carbocycles. The van der Waals surface area contributed by atoms with Crippen molar-refractivity contribution in [2.45, 2.75) is 12.8 Å². The van der Waals surface area contributed by atoms with Crippen molar-refractivity contribution in [1.82, 2.24) is 0 Å². The van der Waals surface area contributed by atoms with Gasteiger partial charge in [0.25, 0.3) is 0 Å². The Labute approximate surface area is 110 Å². The van der Waals surface area contributed by atoms with Crippen LogP contribution in [-0.4, -0.2) is 17.9 Å². The third-order valence-corrected chi connectivity index (χ3v) is 3.20. The molecular weight excluding hydrogens is 265 g/mol. The summed E-state index contributed by atoms with van der Waals surface area (Å²) in [5.74, 6) is 0.972. The Morgan fingerprint density at radius 2 is 2.19 bits per heavy atom. The lowest BCUT2D eigenvalue weighted by Crippen LogP contribution is -2.11. The number of hydrogen-bond donors (Lipinski definition) is 1. The Kier molecular flexibility index (Phi) is 6.03. The molecule has 2 nitrogen and oxygen atoms in total. The first kappa shape index (κ1) is 13.7. The molecule has 1 amide bonds. The summed E-state index contributed by atoms with van der Waals surface area (Å²) >= 11 is 13.4. The van der Waals surface area contributed by atoms with Crippen LogP contribution in [0.5, 0.6) is 0 Å². The molecule has 0 unspecified atom stereocenters. The normalized spacial score (nSPS) is 10.2. The summed E-state index contributed by atoms with van der Waals surface area (Å²) < 4.78 is 0. The maximum absolute atomic E-state index is 11.5. The fraction of sp³-hybridized carbons (Fsp3) is 0.364. The summed E-state index contributed by atoms with van der Waals surface area (Å²) in [6.07, 6.45) is 3.41. The van der Waals surface area contributed by atoms with E-state index >= 15 is 0 Å². The molecule has 0 bridgehead atoms. The average Bonchev–Trinajstić information content (AvgIpc) is 2.23. The van der Waals surface area contributed by atoms with Gasteiger partial charge in [0, 0.05) is 11.4 Å². The highest BCUT2D eigenvalue weighted by molar-refractivity contribution is 7.98. The van der Waals surface area contributed by atoms with Crippen LogP contribution < -0.4 is 5.32 Å². The van der Waals surface area contributed by atoms with Crippen molar-refractivity contribution in [1.29, 1.82) is 0 Å². The lowest BCUT2D eigenvalue weighted by molar-refractivity contribution is -0.116. The molecule has 1 aromatic rings. The second-order valence-corrected chi connectivity index (χ2v) is 5.10. The Morgan fingerprint density at radius 1 is 1.44 bits per heavy atom. The van der Waals surface area contributed by atoms with Gasteiger partial charge in [0.15, 0.2) is 0 Å². The largest absolute Gasteiger partial charge is 0.325 e. The van der Waals surface area contributed by atoms with Crippen molar-refractivity contribution in [3.63, 3.8) is 0 Å². The zero-order valence-corrected chi connectivity index (χ0v) is 11.3. The van der Waals surface area contributed by atoms with Gasteiger partial charge in [-0.05, 0) is 36.6 Å². The van der Waals surface area contributed by atoms with E-state index in [4.69, 9.17) is 23.2 Å². The quantitative estimate of drug-likeness (QED) is 0.822. The molecule has 0 saturated carbocycles. The molecule has 0 aromatic heterocycles. The summed E-state index contributed by atoms with van der Waals surface area (Å²) in [4.78, 5) is 11.5. The highest BCUT2D eigenvalue weighted by Crippen LogP contribution is 2.25. The summed E-state index contributed by atoms with van der Waals surface area (Å²) in [5, 5.41) is 3.78. The maximum Gasteiger partial charge on any atom is 0.224 e. The Hall–Kier alpha value is -0.380. The predicted octanol–water partition coefficient (Wildman–Crippen LogP) is 4.08. The number of nitrogens with one attached hydrogen (secondary N) is 1. The molecule has 88 valence electrons. The van der Waals surface area contributed by atoms with Gasteiger partial charge in [0.05, 0.1) is 10.7 Å². The van der Waals surface area contributed by atoms with Crippen molar-refractivity contribution in [2.75, 3.05) is 17.3 Å². The highest BCUT2D eigenvalue weighted by atomic mass is 35.5. The van der Waals surface area contributed by atoms with Crippen molar-refractivity contribution in [3.05, 3.63) is 28.2 Å². The van der Waals surface area contributed by atoms with Gasteiger partial charge in [0.1, 0.15) is 0 Å². The number of carbonyl (C=O) groups excluding carboxylic acids is 1. The molecule has 1 rings (SSSR count). The monoisotopic (exact) mass is 277 g/mol. The van der Waals surface area contributed by atoms with Crippen molar-refractivity contribution in [3.8, 4) is 0 Å². The molecule has 0 saturated heterocycles. The van der Waals surface area contributed by atoms with E-state index in [0.29, 0.717) is 22.2 Å². The van der Waals surface area contributed by atoms with Crippen LogP contribution in [0.2, 0.25) is 10.0 Å². The molecule has 0 aliphatic heterocycles. The van der Waals surface area contributed by atoms with Gasteiger partial charge in [-0.2, -0.15) is 11.8 Å². The second kappa shape index (κ2) is 7.05. The van der Waals surface area contributed by atoms with Crippen LogP contribution in [0.25, 0.3) is 0 Å². The minimum atomic E-state index is -0.0155. The number of benzene rings is 1. The SMILES string of the molecule is CSCCCC(=O)Nc1ccc(Cl)cc1Cl. The first-order valence-electron chi connectivity index (χ1n) is 4.87. The molecule has 0 spiro atoms. The fourth-order valence-electron chi connectivity index (χ4n) is 1.18. The average molecular weight is 278 g/mol. The van der Waals surface area contributed by atoms with E-state index < -0.39 is 0 Å². The molecule has 16 heavy (non-hydrogen) atoms. The van der Waals surface area contributed by atoms with Crippen molar-refractivity contribution >= 4 is 46.6 Å². The van der Waals surface area contributed by atoms with Gasteiger partial charge < -0.3 is 5.32 Å². The Balaban J connectivity index is 2.49. The third kappa shape index (κ3) is 4.64. The van der Waals surface area contributed by atoms with Crippen LogP contribution in [0.15, 0.2) is 18.2 Å². The fourth-order valence-corrected chi connectivity index (χ4v) is 2.07. The summed E-state index contributed by atoms with van der Waals surface area (Å²) in [7, 11) is 0. The van der Waals surface area contributed by atoms with E-state index in [-0.39, 0.29) is 5.91 Å². The minimum absolute atomic E-state index is 0.0155. The Bertz CT molecular complexity index is 371. The van der Waals surface area contributed by atoms with E-state index in [2.05, 4.69) is 5.32 Å². The van der Waals surface area contributed by atoms with Crippen LogP contribution in [-0.2, 0) is 4.79 Å². The number of halogens is 2. The molecule has 1 aromatic carbocycles. The van der Waals surface area contributed by atoms with Crippen LogP contribution in [0.4, 0.5) is 5.69 Å². The first-order chi connectivity index (χ1) is 7.63. The van der Waals surface area contributed by atoms with Crippen LogP contribution in [0.1, 0.15) is 12.8 Å². The molecule has 0 atom stereocenters. The molecule has 0 fully saturated rings. The van der Waals surface area contributed by atoms with Gasteiger partial charge in [-0.15, -0.1) is 0 Å². The summed E-state index contributed by atoms with van der Waals surface area (Å²) in [6.45, 7) is 0. The van der Waals surface area contributed by atoms with Crippen molar-refractivity contribution in [2.24, 2.45) is 0 Å². The lowest BCUT2D eigenvalue weighted by atomic mass is 10.3. The number of hydrogen-bond acceptors (Lipinski definition) is 2. The van der Waals surface area contributed by atoms with Crippen molar-refractivity contribution < 1.29 is 4.79 Å². The predicted molar refractivity (Wildman–Crippen MR) is 72.7 cm³/mol. The van der Waals surface area contributed by atoms with Crippen LogP contribution in [0.3, 0.4) is 0 Å². The third-order valence-electron chi connectivity index (χ3n) is 1.96. The van der Waals surface area contributed by atoms with Crippen LogP contribution >= 0.6 is 35.0 Å². The standard InChI is InChI=1S/C11H13Cl2NOS/c1-16-6-2-3-11(15)14-10-5-4-8(12)7-9(10)13/h4-5,7H,2-3,6H2,1H3,(H,14,15). The molecular formula is C11H13Cl2NOS. The number of carbonyl (C=O) groups is 1. The highest BCUT2D eigenvalue weighted by Gasteiger charge is 2.05. The van der Waals surface area contributed by atoms with E-state index in [1.54, 1.807) is 30.0 Å². The van der Waals surface area contributed by atoms with E-state index in [9.17, 15) is 4.79 Å². The van der Waals surface area contributed by atoms with Gasteiger partial charge >= 0.3 is 0 Å². The maximum atomic E-state index is 11.5. The summed E-state index contributed by atoms with van der Waals surface area (Å²) in [6, 6.07) is 5.02. The number of anilines is 1. The second-order valence-electron chi connectivity index (χ2n) is 3.27. The van der Waals surface area contributed by atoms with Gasteiger partial charge in [-0.3, -0.25) is 4.79 Å². The minimum Gasteiger partial charge on any atom is -0.325 e. The smallest absolute Gasteiger partial charge is 0.224 e. The van der Waals surface area contributed by atoms with Gasteiger partial charge in [-0.25, -0.2) is 0 Å². The first-order valence-corrected chi connectivity index (χ1v) is 7.02. The van der Waals surface area contributed by atoms with Gasteiger partial charge in [0.2, 0.25) is 5.91 Å². The molecule has 0 heterocycles. The molecule has 5 heteroatoms. The number of amides is 1. The molecule has 0 aliphatic rings. The molecule has 1 N–H and O–H groups in total. The number of rotatable bonds is 5.